The Morgan fingerprint density at radius 3 is 1.71 bits per heavy atom. The summed E-state index contributed by atoms with van der Waals surface area (Å²) in [4.78, 5) is 9.12. The molecule has 1 aliphatic rings. The fraction of sp³-hybridized carbons (Fsp3) is 0.867. The lowest BCUT2D eigenvalue weighted by molar-refractivity contribution is 0.0851. The van der Waals surface area contributed by atoms with Crippen molar-refractivity contribution >= 4 is 12.6 Å². The number of hydrogen-bond acceptors (Lipinski definition) is 2. The fourth-order valence-corrected chi connectivity index (χ4v) is 3.55. The van der Waals surface area contributed by atoms with Gasteiger partial charge in [0.25, 0.3) is 0 Å². The first-order valence-electron chi connectivity index (χ1n) is 6.91. The van der Waals surface area contributed by atoms with Crippen LogP contribution < -0.4 is 0 Å². The van der Waals surface area contributed by atoms with Crippen LogP contribution in [0.3, 0.4) is 0 Å². The Hall–Kier alpha value is -0.660. The van der Waals surface area contributed by atoms with E-state index in [2.05, 4.69) is 52.7 Å². The smallest absolute Gasteiger partial charge is 0.110 e. The predicted molar refractivity (Wildman–Crippen MR) is 77.1 cm³/mol. The quantitative estimate of drug-likeness (QED) is 0.649. The van der Waals surface area contributed by atoms with Gasteiger partial charge in [0, 0.05) is 6.21 Å². The minimum Gasteiger partial charge on any atom is -0.260 e. The van der Waals surface area contributed by atoms with Crippen molar-refractivity contribution in [1.29, 1.82) is 0 Å². The van der Waals surface area contributed by atoms with Crippen LogP contribution in [-0.4, -0.2) is 18.1 Å². The molecule has 0 bridgehead atoms. The van der Waals surface area contributed by atoms with E-state index in [1.54, 1.807) is 6.34 Å². The van der Waals surface area contributed by atoms with Crippen LogP contribution >= 0.6 is 0 Å². The van der Waals surface area contributed by atoms with Crippen molar-refractivity contribution in [2.45, 2.75) is 72.8 Å². The van der Waals surface area contributed by atoms with Crippen molar-refractivity contribution in [3.8, 4) is 0 Å². The molecule has 17 heavy (non-hydrogen) atoms. The van der Waals surface area contributed by atoms with E-state index in [-0.39, 0.29) is 16.4 Å². The molecule has 0 fully saturated rings. The van der Waals surface area contributed by atoms with Gasteiger partial charge in [0.05, 0.1) is 0 Å². The summed E-state index contributed by atoms with van der Waals surface area (Å²) in [5.74, 6) is 0. The average molecular weight is 236 g/mol. The van der Waals surface area contributed by atoms with Gasteiger partial charge in [0.2, 0.25) is 0 Å². The standard InChI is InChI=1S/C15H28N2/c1-7-9-13(3,4)15(11-16-12-17-15)14(5,6)10-8-2/h11-12H,7-10H2,1-6H3. The van der Waals surface area contributed by atoms with Gasteiger partial charge in [-0.25, -0.2) is 4.99 Å². The molecule has 1 heterocycles. The number of rotatable bonds is 6. The molecule has 0 aromatic heterocycles. The summed E-state index contributed by atoms with van der Waals surface area (Å²) in [6.45, 7) is 13.8. The van der Waals surface area contributed by atoms with E-state index in [4.69, 9.17) is 4.99 Å². The molecule has 0 spiro atoms. The maximum Gasteiger partial charge on any atom is 0.110 e. The highest BCUT2D eigenvalue weighted by molar-refractivity contribution is 5.87. The first-order valence-corrected chi connectivity index (χ1v) is 6.91. The Bertz CT molecular complexity index is 279. The molecule has 2 heteroatoms. The topological polar surface area (TPSA) is 24.7 Å². The van der Waals surface area contributed by atoms with Crippen LogP contribution in [0.25, 0.3) is 0 Å². The second kappa shape index (κ2) is 4.91. The molecule has 0 saturated heterocycles. The highest BCUT2D eigenvalue weighted by atomic mass is 15.0. The van der Waals surface area contributed by atoms with Crippen molar-refractivity contribution in [3.05, 3.63) is 0 Å². The van der Waals surface area contributed by atoms with Gasteiger partial charge >= 0.3 is 0 Å². The fourth-order valence-electron chi connectivity index (χ4n) is 3.55. The molecule has 0 saturated carbocycles. The van der Waals surface area contributed by atoms with Crippen molar-refractivity contribution in [2.75, 3.05) is 0 Å². The molecule has 0 aliphatic carbocycles. The molecular weight excluding hydrogens is 208 g/mol. The molecule has 0 atom stereocenters. The molecule has 0 aromatic rings. The van der Waals surface area contributed by atoms with Crippen LogP contribution in [0.5, 0.6) is 0 Å². The maximum absolute atomic E-state index is 4.80. The van der Waals surface area contributed by atoms with Gasteiger partial charge in [-0.2, -0.15) is 0 Å². The third-order valence-corrected chi connectivity index (χ3v) is 4.40. The third-order valence-electron chi connectivity index (χ3n) is 4.40. The van der Waals surface area contributed by atoms with E-state index in [0.29, 0.717) is 0 Å². The Morgan fingerprint density at radius 1 is 0.941 bits per heavy atom. The van der Waals surface area contributed by atoms with Gasteiger partial charge < -0.3 is 0 Å². The number of aliphatic imine (C=N–C) groups is 2. The minimum absolute atomic E-state index is 0.133. The van der Waals surface area contributed by atoms with Crippen LogP contribution in [0.2, 0.25) is 0 Å². The van der Waals surface area contributed by atoms with E-state index in [9.17, 15) is 0 Å². The summed E-state index contributed by atoms with van der Waals surface area (Å²) >= 11 is 0. The van der Waals surface area contributed by atoms with Crippen LogP contribution in [0.1, 0.15) is 67.2 Å². The zero-order valence-corrected chi connectivity index (χ0v) is 12.4. The number of nitrogens with zero attached hydrogens (tertiary/aromatic N) is 2. The Kier molecular flexibility index (Phi) is 4.16. The summed E-state index contributed by atoms with van der Waals surface area (Å²) in [6, 6.07) is 0. The Balaban J connectivity index is 3.15. The van der Waals surface area contributed by atoms with Crippen LogP contribution in [0, 0.1) is 10.8 Å². The second-order valence-electron chi connectivity index (χ2n) is 6.56. The molecule has 0 radical (unpaired) electrons. The van der Waals surface area contributed by atoms with Crippen molar-refractivity contribution in [2.24, 2.45) is 20.8 Å². The summed E-state index contributed by atoms with van der Waals surface area (Å²) in [6.07, 6.45) is 8.60. The van der Waals surface area contributed by atoms with Gasteiger partial charge in [0.1, 0.15) is 11.9 Å². The monoisotopic (exact) mass is 236 g/mol. The van der Waals surface area contributed by atoms with Gasteiger partial charge in [-0.05, 0) is 23.7 Å². The Morgan fingerprint density at radius 2 is 1.41 bits per heavy atom. The molecule has 98 valence electrons. The van der Waals surface area contributed by atoms with Gasteiger partial charge in [-0.15, -0.1) is 0 Å². The molecular formula is C15H28N2. The summed E-state index contributed by atoms with van der Waals surface area (Å²) in [7, 11) is 0. The Labute approximate surface area is 107 Å². The van der Waals surface area contributed by atoms with Gasteiger partial charge in [-0.1, -0.05) is 54.4 Å². The SMILES string of the molecule is CCCC(C)(C)C1(C(C)(C)CCC)C=NC=N1. The highest BCUT2D eigenvalue weighted by Gasteiger charge is 2.53. The summed E-state index contributed by atoms with van der Waals surface area (Å²) in [5.41, 5.74) is 0.194. The van der Waals surface area contributed by atoms with Crippen molar-refractivity contribution in [3.63, 3.8) is 0 Å². The molecule has 0 amide bonds. The lowest BCUT2D eigenvalue weighted by atomic mass is 9.57. The average Bonchev–Trinajstić information content (AvgIpc) is 2.67. The van der Waals surface area contributed by atoms with Gasteiger partial charge in [-0.3, -0.25) is 4.99 Å². The summed E-state index contributed by atoms with van der Waals surface area (Å²) in [5, 5.41) is 0. The van der Waals surface area contributed by atoms with Crippen molar-refractivity contribution in [1.82, 2.24) is 0 Å². The zero-order valence-electron chi connectivity index (χ0n) is 12.4. The van der Waals surface area contributed by atoms with E-state index >= 15 is 0 Å². The van der Waals surface area contributed by atoms with E-state index in [0.717, 1.165) is 0 Å². The first-order chi connectivity index (χ1) is 7.83. The van der Waals surface area contributed by atoms with E-state index in [1.807, 2.05) is 0 Å². The zero-order chi connectivity index (χ0) is 13.2. The molecule has 1 rings (SSSR count). The molecule has 0 N–H and O–H groups in total. The number of hydrogen-bond donors (Lipinski definition) is 0. The molecule has 2 nitrogen and oxygen atoms in total. The van der Waals surface area contributed by atoms with Crippen LogP contribution in [-0.2, 0) is 0 Å². The normalized spacial score (nSPS) is 18.9. The summed E-state index contributed by atoms with van der Waals surface area (Å²) < 4.78 is 0. The van der Waals surface area contributed by atoms with Crippen LogP contribution in [0.4, 0.5) is 0 Å². The van der Waals surface area contributed by atoms with E-state index < -0.39 is 0 Å². The largest absolute Gasteiger partial charge is 0.260 e. The molecule has 0 aromatic carbocycles. The molecule has 1 aliphatic heterocycles. The molecule has 0 unspecified atom stereocenters. The van der Waals surface area contributed by atoms with Crippen LogP contribution in [0.15, 0.2) is 9.98 Å². The first kappa shape index (κ1) is 14.4. The lowest BCUT2D eigenvalue weighted by Gasteiger charge is -2.50. The predicted octanol–water partition coefficient (Wildman–Crippen LogP) is 4.49. The van der Waals surface area contributed by atoms with E-state index in [1.165, 1.54) is 25.7 Å². The third kappa shape index (κ3) is 2.31. The highest BCUT2D eigenvalue weighted by Crippen LogP contribution is 2.51. The van der Waals surface area contributed by atoms with Crippen molar-refractivity contribution < 1.29 is 0 Å². The minimum atomic E-state index is -0.133. The lowest BCUT2D eigenvalue weighted by Crippen LogP contribution is -2.54. The second-order valence-corrected chi connectivity index (χ2v) is 6.56. The van der Waals surface area contributed by atoms with Gasteiger partial charge in [0.15, 0.2) is 0 Å². The maximum atomic E-state index is 4.80.